The summed E-state index contributed by atoms with van der Waals surface area (Å²) in [7, 11) is 0. The number of fused-ring (bicyclic) bond motifs is 1. The molecule has 1 saturated carbocycles. The van der Waals surface area contributed by atoms with Crippen LogP contribution in [0.2, 0.25) is 0 Å². The Kier molecular flexibility index (Phi) is 4.01. The molecule has 4 aromatic rings. The van der Waals surface area contributed by atoms with E-state index >= 15 is 0 Å². The van der Waals surface area contributed by atoms with Crippen molar-refractivity contribution in [2.45, 2.75) is 31.8 Å². The lowest BCUT2D eigenvalue weighted by molar-refractivity contribution is 0.210. The zero-order valence-corrected chi connectivity index (χ0v) is 14.8. The van der Waals surface area contributed by atoms with Crippen LogP contribution in [0.15, 0.2) is 60.8 Å². The molecule has 0 saturated heterocycles. The van der Waals surface area contributed by atoms with Gasteiger partial charge in [-0.1, -0.05) is 30.3 Å². The quantitative estimate of drug-likeness (QED) is 0.548. The summed E-state index contributed by atoms with van der Waals surface area (Å²) in [6.07, 6.45) is 6.92. The van der Waals surface area contributed by atoms with E-state index in [-0.39, 0.29) is 0 Å². The highest BCUT2D eigenvalue weighted by Crippen LogP contribution is 2.26. The van der Waals surface area contributed by atoms with Crippen molar-refractivity contribution < 1.29 is 4.74 Å². The van der Waals surface area contributed by atoms with Crippen molar-refractivity contribution >= 4 is 5.78 Å². The van der Waals surface area contributed by atoms with Crippen LogP contribution in [0.4, 0.5) is 0 Å². The van der Waals surface area contributed by atoms with Crippen molar-refractivity contribution in [2.75, 3.05) is 0 Å². The average molecular weight is 357 g/mol. The Bertz CT molecular complexity index is 1050. The van der Waals surface area contributed by atoms with Crippen LogP contribution in [0.5, 0.6) is 5.75 Å². The summed E-state index contributed by atoms with van der Waals surface area (Å²) in [5, 5.41) is 13.0. The molecule has 1 aliphatic carbocycles. The van der Waals surface area contributed by atoms with Gasteiger partial charge < -0.3 is 4.74 Å². The Labute approximate surface area is 156 Å². The van der Waals surface area contributed by atoms with Crippen LogP contribution in [0.25, 0.3) is 28.4 Å². The highest BCUT2D eigenvalue weighted by atomic mass is 16.5. The Balaban J connectivity index is 1.43. The number of benzene rings is 2. The summed E-state index contributed by atoms with van der Waals surface area (Å²) in [6.45, 7) is 0. The molecule has 0 aliphatic heterocycles. The molecule has 0 amide bonds. The second-order valence-electron chi connectivity index (χ2n) is 6.79. The number of aromatic nitrogens is 5. The molecule has 6 heteroatoms. The molecule has 2 heterocycles. The van der Waals surface area contributed by atoms with Crippen LogP contribution >= 0.6 is 0 Å². The van der Waals surface area contributed by atoms with Gasteiger partial charge in [-0.3, -0.25) is 0 Å². The highest BCUT2D eigenvalue weighted by molar-refractivity contribution is 5.62. The number of nitrogens with zero attached hydrogens (tertiary/aromatic N) is 5. The second-order valence-corrected chi connectivity index (χ2v) is 6.79. The number of rotatable bonds is 4. The van der Waals surface area contributed by atoms with Gasteiger partial charge in [0, 0.05) is 11.1 Å². The van der Waals surface area contributed by atoms with Crippen LogP contribution in [0.1, 0.15) is 25.7 Å². The van der Waals surface area contributed by atoms with Crippen LogP contribution in [-0.4, -0.2) is 30.9 Å². The van der Waals surface area contributed by atoms with E-state index in [4.69, 9.17) is 4.74 Å². The van der Waals surface area contributed by atoms with E-state index < -0.39 is 0 Å². The first kappa shape index (κ1) is 15.9. The zero-order valence-electron chi connectivity index (χ0n) is 14.8. The number of hydrogen-bond donors (Lipinski definition) is 0. The minimum Gasteiger partial charge on any atom is -0.490 e. The van der Waals surface area contributed by atoms with Crippen molar-refractivity contribution in [1.29, 1.82) is 0 Å². The molecule has 1 aliphatic rings. The second kappa shape index (κ2) is 6.79. The van der Waals surface area contributed by atoms with Crippen molar-refractivity contribution in [3.05, 3.63) is 60.8 Å². The molecule has 2 aromatic heterocycles. The maximum absolute atomic E-state index is 6.03. The van der Waals surface area contributed by atoms with Gasteiger partial charge >= 0.3 is 0 Å². The molecule has 6 nitrogen and oxygen atoms in total. The van der Waals surface area contributed by atoms with Crippen LogP contribution in [-0.2, 0) is 0 Å². The third-order valence-corrected chi connectivity index (χ3v) is 4.93. The van der Waals surface area contributed by atoms with Crippen LogP contribution < -0.4 is 4.74 Å². The summed E-state index contributed by atoms with van der Waals surface area (Å²) in [5.74, 6) is 2.05. The van der Waals surface area contributed by atoms with E-state index in [1.807, 2.05) is 54.6 Å². The summed E-state index contributed by atoms with van der Waals surface area (Å²) >= 11 is 0. The first-order valence-electron chi connectivity index (χ1n) is 9.28. The molecule has 0 N–H and O–H groups in total. The van der Waals surface area contributed by atoms with Crippen LogP contribution in [0, 0.1) is 0 Å². The summed E-state index contributed by atoms with van der Waals surface area (Å²) in [5.41, 5.74) is 2.72. The summed E-state index contributed by atoms with van der Waals surface area (Å²) in [6, 6.07) is 17.9. The van der Waals surface area contributed by atoms with Gasteiger partial charge in [0.25, 0.3) is 5.78 Å². The van der Waals surface area contributed by atoms with Gasteiger partial charge in [0.2, 0.25) is 0 Å². The van der Waals surface area contributed by atoms with E-state index in [2.05, 4.69) is 20.3 Å². The molecule has 1 fully saturated rings. The standard InChI is InChI=1S/C21H19N5O/c1-2-6-15(7-3-1)19-14-22-26-20(24-25-21(26)23-19)16-10-12-18(13-11-16)27-17-8-4-5-9-17/h1-3,6-7,10-14,17H,4-5,8-9H2. The lowest BCUT2D eigenvalue weighted by Gasteiger charge is -2.12. The fraction of sp³-hybridized carbons (Fsp3) is 0.238. The van der Waals surface area contributed by atoms with Gasteiger partial charge in [-0.25, -0.2) is 4.98 Å². The normalized spacial score (nSPS) is 14.7. The lowest BCUT2D eigenvalue weighted by Crippen LogP contribution is -2.10. The van der Waals surface area contributed by atoms with Gasteiger partial charge in [-0.2, -0.15) is 9.61 Å². The van der Waals surface area contributed by atoms with Crippen molar-refractivity contribution in [3.8, 4) is 28.4 Å². The zero-order chi connectivity index (χ0) is 18.1. The molecule has 0 atom stereocenters. The molecule has 0 bridgehead atoms. The van der Waals surface area contributed by atoms with Gasteiger partial charge in [0.05, 0.1) is 18.0 Å². The Morgan fingerprint density at radius 2 is 1.63 bits per heavy atom. The lowest BCUT2D eigenvalue weighted by atomic mass is 10.2. The van der Waals surface area contributed by atoms with Gasteiger partial charge in [-0.05, 0) is 49.9 Å². The molecule has 134 valence electrons. The van der Waals surface area contributed by atoms with E-state index in [1.165, 1.54) is 12.8 Å². The fourth-order valence-corrected chi connectivity index (χ4v) is 3.51. The molecular formula is C21H19N5O. The number of ether oxygens (including phenoxy) is 1. The largest absolute Gasteiger partial charge is 0.490 e. The predicted octanol–water partition coefficient (Wildman–Crippen LogP) is 4.17. The molecule has 27 heavy (non-hydrogen) atoms. The van der Waals surface area contributed by atoms with Crippen molar-refractivity contribution in [3.63, 3.8) is 0 Å². The molecule has 5 rings (SSSR count). The first-order chi connectivity index (χ1) is 13.4. The van der Waals surface area contributed by atoms with Gasteiger partial charge in [0.1, 0.15) is 5.75 Å². The molecule has 0 spiro atoms. The van der Waals surface area contributed by atoms with E-state index in [1.54, 1.807) is 10.7 Å². The molecule has 2 aromatic carbocycles. The Morgan fingerprint density at radius 3 is 2.41 bits per heavy atom. The molecule has 0 unspecified atom stereocenters. The smallest absolute Gasteiger partial charge is 0.272 e. The topological polar surface area (TPSA) is 65.2 Å². The minimum absolute atomic E-state index is 0.354. The van der Waals surface area contributed by atoms with E-state index in [0.29, 0.717) is 17.7 Å². The molecule has 0 radical (unpaired) electrons. The molecular weight excluding hydrogens is 338 g/mol. The number of hydrogen-bond acceptors (Lipinski definition) is 5. The average Bonchev–Trinajstić information content (AvgIpc) is 3.38. The highest BCUT2D eigenvalue weighted by Gasteiger charge is 2.17. The van der Waals surface area contributed by atoms with Gasteiger partial charge in [0.15, 0.2) is 5.82 Å². The Hall–Kier alpha value is -3.28. The fourth-order valence-electron chi connectivity index (χ4n) is 3.51. The monoisotopic (exact) mass is 357 g/mol. The van der Waals surface area contributed by atoms with Crippen LogP contribution in [0.3, 0.4) is 0 Å². The maximum Gasteiger partial charge on any atom is 0.272 e. The predicted molar refractivity (Wildman–Crippen MR) is 102 cm³/mol. The van der Waals surface area contributed by atoms with E-state index in [0.717, 1.165) is 35.4 Å². The van der Waals surface area contributed by atoms with Crippen molar-refractivity contribution in [2.24, 2.45) is 0 Å². The van der Waals surface area contributed by atoms with Crippen molar-refractivity contribution in [1.82, 2.24) is 24.8 Å². The first-order valence-corrected chi connectivity index (χ1v) is 9.28. The van der Waals surface area contributed by atoms with Gasteiger partial charge in [-0.15, -0.1) is 10.2 Å². The van der Waals surface area contributed by atoms with E-state index in [9.17, 15) is 0 Å². The Morgan fingerprint density at radius 1 is 0.852 bits per heavy atom. The summed E-state index contributed by atoms with van der Waals surface area (Å²) in [4.78, 5) is 4.58. The maximum atomic E-state index is 6.03. The minimum atomic E-state index is 0.354. The SMILES string of the molecule is c1ccc(-c2cnn3c(-c4ccc(OC5CCCC5)cc4)nnc3n2)cc1. The third kappa shape index (κ3) is 3.14. The summed E-state index contributed by atoms with van der Waals surface area (Å²) < 4.78 is 7.69. The third-order valence-electron chi connectivity index (χ3n) is 4.93.